The second-order valence-electron chi connectivity index (χ2n) is 11.9. The average Bonchev–Trinajstić information content (AvgIpc) is 2.70. The number of amides is 3. The summed E-state index contributed by atoms with van der Waals surface area (Å²) < 4.78 is 5.35. The van der Waals surface area contributed by atoms with E-state index >= 15 is 0 Å². The van der Waals surface area contributed by atoms with E-state index < -0.39 is 29.3 Å². The van der Waals surface area contributed by atoms with Gasteiger partial charge in [-0.15, -0.1) is 0 Å². The summed E-state index contributed by atoms with van der Waals surface area (Å²) in [5, 5.41) is 5.89. The zero-order valence-corrected chi connectivity index (χ0v) is 23.1. The molecule has 2 atom stereocenters. The average molecular weight is 488 g/mol. The molecule has 0 bridgehead atoms. The second kappa shape index (κ2) is 11.4. The number of ether oxygens (including phenoxy) is 1. The fourth-order valence-corrected chi connectivity index (χ4v) is 4.66. The number of benzene rings is 1. The molecule has 0 spiro atoms. The number of alkyl carbamates (subject to hydrolysis) is 1. The summed E-state index contributed by atoms with van der Waals surface area (Å²) in [4.78, 5) is 41.7. The van der Waals surface area contributed by atoms with E-state index in [2.05, 4.69) is 10.6 Å². The van der Waals surface area contributed by atoms with Crippen molar-refractivity contribution < 1.29 is 19.1 Å². The lowest BCUT2D eigenvalue weighted by molar-refractivity contribution is -0.148. The topological polar surface area (TPSA) is 87.7 Å². The molecule has 2 rings (SSSR count). The number of hydrogen-bond donors (Lipinski definition) is 2. The molecule has 2 N–H and O–H groups in total. The number of aryl methyl sites for hydroxylation is 2. The third kappa shape index (κ3) is 8.25. The number of nitrogens with zero attached hydrogens (tertiary/aromatic N) is 1. The van der Waals surface area contributed by atoms with E-state index in [9.17, 15) is 14.4 Å². The predicted octanol–water partition coefficient (Wildman–Crippen LogP) is 5.33. The number of carbonyl (C=O) groups excluding carboxylic acids is 3. The zero-order valence-electron chi connectivity index (χ0n) is 23.1. The first-order valence-corrected chi connectivity index (χ1v) is 12.8. The third-order valence-electron chi connectivity index (χ3n) is 6.24. The van der Waals surface area contributed by atoms with E-state index in [1.165, 1.54) is 6.42 Å². The van der Waals surface area contributed by atoms with Crippen LogP contribution in [0.1, 0.15) is 103 Å². The minimum atomic E-state index is -0.875. The largest absolute Gasteiger partial charge is 0.444 e. The van der Waals surface area contributed by atoms with Crippen LogP contribution in [0.2, 0.25) is 0 Å². The Labute approximate surface area is 211 Å². The Bertz CT molecular complexity index is 908. The molecule has 0 saturated heterocycles. The first-order chi connectivity index (χ1) is 16.1. The Morgan fingerprint density at radius 2 is 1.60 bits per heavy atom. The van der Waals surface area contributed by atoms with Crippen LogP contribution in [-0.2, 0) is 14.3 Å². The van der Waals surface area contributed by atoms with Gasteiger partial charge in [0, 0.05) is 11.6 Å². The molecule has 1 aromatic rings. The van der Waals surface area contributed by atoms with Gasteiger partial charge in [-0.05, 0) is 86.3 Å². The van der Waals surface area contributed by atoms with Gasteiger partial charge in [-0.1, -0.05) is 43.0 Å². The SMILES string of the molecule is Cc1ccc(C(C(=O)NC2CCCCC2)N(C(=O)C(C)NC(=O)OC(C)(C)C)C(C)(C)C)c(C)c1. The summed E-state index contributed by atoms with van der Waals surface area (Å²) in [5.41, 5.74) is 1.46. The molecular formula is C28H45N3O4. The highest BCUT2D eigenvalue weighted by Crippen LogP contribution is 2.33. The molecule has 0 radical (unpaired) electrons. The molecule has 1 aromatic carbocycles. The quantitative estimate of drug-likeness (QED) is 0.567. The van der Waals surface area contributed by atoms with Crippen molar-refractivity contribution in [1.29, 1.82) is 0 Å². The lowest BCUT2D eigenvalue weighted by Gasteiger charge is -2.43. The van der Waals surface area contributed by atoms with Gasteiger partial charge < -0.3 is 20.3 Å². The highest BCUT2D eigenvalue weighted by atomic mass is 16.6. The normalized spacial score (nSPS) is 16.7. The van der Waals surface area contributed by atoms with Crippen LogP contribution in [0.3, 0.4) is 0 Å². The van der Waals surface area contributed by atoms with Gasteiger partial charge in [0.1, 0.15) is 17.7 Å². The van der Waals surface area contributed by atoms with Crippen LogP contribution in [0.4, 0.5) is 4.79 Å². The van der Waals surface area contributed by atoms with Gasteiger partial charge in [0.05, 0.1) is 0 Å². The van der Waals surface area contributed by atoms with Crippen molar-refractivity contribution in [2.45, 2.75) is 124 Å². The third-order valence-corrected chi connectivity index (χ3v) is 6.24. The van der Waals surface area contributed by atoms with Gasteiger partial charge in [0.15, 0.2) is 0 Å². The van der Waals surface area contributed by atoms with Crippen LogP contribution in [0.25, 0.3) is 0 Å². The Balaban J connectivity index is 2.45. The van der Waals surface area contributed by atoms with Gasteiger partial charge in [0.25, 0.3) is 0 Å². The molecule has 1 aliphatic rings. The summed E-state index contributed by atoms with van der Waals surface area (Å²) in [5.74, 6) is -0.524. The molecule has 0 aliphatic heterocycles. The highest BCUT2D eigenvalue weighted by Gasteiger charge is 2.41. The van der Waals surface area contributed by atoms with Gasteiger partial charge in [-0.25, -0.2) is 4.79 Å². The molecule has 7 nitrogen and oxygen atoms in total. The Morgan fingerprint density at radius 1 is 1.00 bits per heavy atom. The summed E-state index contributed by atoms with van der Waals surface area (Å²) in [7, 11) is 0. The summed E-state index contributed by atoms with van der Waals surface area (Å²) in [6, 6.07) is 4.35. The second-order valence-corrected chi connectivity index (χ2v) is 11.9. The van der Waals surface area contributed by atoms with E-state index in [1.54, 1.807) is 32.6 Å². The maximum Gasteiger partial charge on any atom is 0.408 e. The first kappa shape index (κ1) is 28.7. The number of rotatable bonds is 6. The van der Waals surface area contributed by atoms with E-state index in [4.69, 9.17) is 4.74 Å². The number of nitrogens with one attached hydrogen (secondary N) is 2. The van der Waals surface area contributed by atoms with Gasteiger partial charge in [-0.2, -0.15) is 0 Å². The molecule has 7 heteroatoms. The van der Waals surface area contributed by atoms with Crippen molar-refractivity contribution in [3.63, 3.8) is 0 Å². The fourth-order valence-electron chi connectivity index (χ4n) is 4.66. The lowest BCUT2D eigenvalue weighted by Crippen LogP contribution is -2.58. The van der Waals surface area contributed by atoms with Crippen molar-refractivity contribution in [1.82, 2.24) is 15.5 Å². The molecule has 1 fully saturated rings. The molecule has 196 valence electrons. The molecular weight excluding hydrogens is 442 g/mol. The number of hydrogen-bond acceptors (Lipinski definition) is 4. The first-order valence-electron chi connectivity index (χ1n) is 12.8. The lowest BCUT2D eigenvalue weighted by atomic mass is 9.91. The fraction of sp³-hybridized carbons (Fsp3) is 0.679. The summed E-state index contributed by atoms with van der Waals surface area (Å²) in [6.07, 6.45) is 4.61. The number of carbonyl (C=O) groups is 3. The van der Waals surface area contributed by atoms with Crippen molar-refractivity contribution >= 4 is 17.9 Å². The van der Waals surface area contributed by atoms with E-state index in [0.29, 0.717) is 0 Å². The van der Waals surface area contributed by atoms with E-state index in [0.717, 1.165) is 42.4 Å². The van der Waals surface area contributed by atoms with Crippen LogP contribution in [0.5, 0.6) is 0 Å². The van der Waals surface area contributed by atoms with Crippen LogP contribution in [0.15, 0.2) is 18.2 Å². The Morgan fingerprint density at radius 3 is 2.11 bits per heavy atom. The van der Waals surface area contributed by atoms with Gasteiger partial charge >= 0.3 is 6.09 Å². The summed E-state index contributed by atoms with van der Waals surface area (Å²) >= 11 is 0. The van der Waals surface area contributed by atoms with Crippen LogP contribution in [-0.4, -0.2) is 46.0 Å². The predicted molar refractivity (Wildman–Crippen MR) is 139 cm³/mol. The van der Waals surface area contributed by atoms with Crippen LogP contribution >= 0.6 is 0 Å². The Hall–Kier alpha value is -2.57. The molecule has 1 saturated carbocycles. The molecule has 35 heavy (non-hydrogen) atoms. The minimum Gasteiger partial charge on any atom is -0.444 e. The maximum atomic E-state index is 13.9. The van der Waals surface area contributed by atoms with E-state index in [1.807, 2.05) is 52.8 Å². The van der Waals surface area contributed by atoms with Gasteiger partial charge in [-0.3, -0.25) is 9.59 Å². The molecule has 0 aromatic heterocycles. The van der Waals surface area contributed by atoms with Crippen LogP contribution < -0.4 is 10.6 Å². The molecule has 1 aliphatic carbocycles. The van der Waals surface area contributed by atoms with Crippen molar-refractivity contribution in [3.05, 3.63) is 34.9 Å². The smallest absolute Gasteiger partial charge is 0.408 e. The minimum absolute atomic E-state index is 0.110. The maximum absolute atomic E-state index is 13.9. The molecule has 3 amide bonds. The monoisotopic (exact) mass is 487 g/mol. The standard InChI is InChI=1S/C28H45N3O4/c1-18-15-16-22(19(2)17-18)23(24(32)30-21-13-11-10-12-14-21)31(27(4,5)6)25(33)20(3)29-26(34)35-28(7,8)9/h15-17,20-21,23H,10-14H2,1-9H3,(H,29,34)(H,30,32). The summed E-state index contributed by atoms with van der Waals surface area (Å²) in [6.45, 7) is 16.7. The van der Waals surface area contributed by atoms with Crippen molar-refractivity contribution in [2.75, 3.05) is 0 Å². The van der Waals surface area contributed by atoms with Gasteiger partial charge in [0.2, 0.25) is 11.8 Å². The Kier molecular flexibility index (Phi) is 9.37. The van der Waals surface area contributed by atoms with Crippen molar-refractivity contribution in [2.24, 2.45) is 0 Å². The highest BCUT2D eigenvalue weighted by molar-refractivity contribution is 5.92. The van der Waals surface area contributed by atoms with Crippen molar-refractivity contribution in [3.8, 4) is 0 Å². The molecule has 0 heterocycles. The van der Waals surface area contributed by atoms with Crippen LogP contribution in [0, 0.1) is 13.8 Å². The van der Waals surface area contributed by atoms with E-state index in [-0.39, 0.29) is 17.9 Å². The molecule has 2 unspecified atom stereocenters. The zero-order chi connectivity index (χ0) is 26.6.